The number of carbonyl (C=O) groups is 1. The lowest BCUT2D eigenvalue weighted by Gasteiger charge is -2.18. The van der Waals surface area contributed by atoms with Gasteiger partial charge in [-0.05, 0) is 49.9 Å². The van der Waals surface area contributed by atoms with Crippen molar-refractivity contribution in [3.63, 3.8) is 0 Å². The van der Waals surface area contributed by atoms with Crippen LogP contribution in [0.2, 0.25) is 0 Å². The van der Waals surface area contributed by atoms with Gasteiger partial charge in [0.25, 0.3) is 0 Å². The van der Waals surface area contributed by atoms with E-state index in [0.29, 0.717) is 11.3 Å². The SMILES string of the molecule is Cc1cc(C#N)cc(C)c1OC(C(=O)O)C1CC1. The fourth-order valence-corrected chi connectivity index (χ4v) is 2.07. The molecule has 1 N–H and O–H groups in total. The molecule has 1 atom stereocenters. The lowest BCUT2D eigenvalue weighted by atomic mass is 10.1. The standard InChI is InChI=1S/C14H15NO3/c1-8-5-10(7-15)6-9(2)12(8)18-13(14(16)17)11-3-4-11/h5-6,11,13H,3-4H2,1-2H3,(H,16,17). The molecule has 0 radical (unpaired) electrons. The molecule has 0 amide bonds. The number of hydrogen-bond acceptors (Lipinski definition) is 3. The summed E-state index contributed by atoms with van der Waals surface area (Å²) in [5.74, 6) is -0.203. The fourth-order valence-electron chi connectivity index (χ4n) is 2.07. The molecule has 4 heteroatoms. The van der Waals surface area contributed by atoms with Gasteiger partial charge in [0.1, 0.15) is 5.75 Å². The Morgan fingerprint density at radius 1 is 1.44 bits per heavy atom. The number of ether oxygens (including phenoxy) is 1. The van der Waals surface area contributed by atoms with Gasteiger partial charge in [-0.2, -0.15) is 5.26 Å². The third kappa shape index (κ3) is 2.45. The minimum Gasteiger partial charge on any atom is -0.478 e. The number of rotatable bonds is 4. The monoisotopic (exact) mass is 245 g/mol. The van der Waals surface area contributed by atoms with E-state index in [-0.39, 0.29) is 5.92 Å². The van der Waals surface area contributed by atoms with Crippen molar-refractivity contribution in [1.82, 2.24) is 0 Å². The molecule has 1 aliphatic carbocycles. The molecule has 1 aromatic rings. The molecule has 1 saturated carbocycles. The largest absolute Gasteiger partial charge is 0.478 e. The second kappa shape index (κ2) is 4.69. The highest BCUT2D eigenvalue weighted by Gasteiger charge is 2.38. The van der Waals surface area contributed by atoms with Crippen LogP contribution in [0.15, 0.2) is 12.1 Å². The first kappa shape index (κ1) is 12.4. The molecule has 0 heterocycles. The second-order valence-corrected chi connectivity index (χ2v) is 4.77. The second-order valence-electron chi connectivity index (χ2n) is 4.77. The van der Waals surface area contributed by atoms with E-state index in [0.717, 1.165) is 24.0 Å². The molecule has 0 aliphatic heterocycles. The summed E-state index contributed by atoms with van der Waals surface area (Å²) in [6.45, 7) is 3.66. The van der Waals surface area contributed by atoms with Crippen molar-refractivity contribution in [2.75, 3.05) is 0 Å². The molecule has 2 rings (SSSR count). The van der Waals surface area contributed by atoms with E-state index in [1.54, 1.807) is 12.1 Å². The van der Waals surface area contributed by atoms with Gasteiger partial charge in [-0.3, -0.25) is 0 Å². The Balaban J connectivity index is 2.28. The zero-order valence-electron chi connectivity index (χ0n) is 10.4. The number of aryl methyl sites for hydroxylation is 2. The first-order chi connectivity index (χ1) is 8.52. The maximum atomic E-state index is 11.2. The molecule has 1 aliphatic rings. The third-order valence-corrected chi connectivity index (χ3v) is 3.13. The first-order valence-electron chi connectivity index (χ1n) is 5.93. The molecule has 0 bridgehead atoms. The van der Waals surface area contributed by atoms with Gasteiger partial charge in [-0.1, -0.05) is 0 Å². The number of nitriles is 1. The highest BCUT2D eigenvalue weighted by Crippen LogP contribution is 2.36. The van der Waals surface area contributed by atoms with Gasteiger partial charge in [-0.25, -0.2) is 4.79 Å². The van der Waals surface area contributed by atoms with Crippen LogP contribution >= 0.6 is 0 Å². The predicted molar refractivity (Wildman–Crippen MR) is 65.4 cm³/mol. The van der Waals surface area contributed by atoms with Crippen LogP contribution in [0.1, 0.15) is 29.5 Å². The minimum absolute atomic E-state index is 0.122. The number of nitrogens with zero attached hydrogens (tertiary/aromatic N) is 1. The molecular formula is C14H15NO3. The molecular weight excluding hydrogens is 230 g/mol. The summed E-state index contributed by atoms with van der Waals surface area (Å²) in [4.78, 5) is 11.2. The maximum absolute atomic E-state index is 11.2. The summed E-state index contributed by atoms with van der Waals surface area (Å²) in [5.41, 5.74) is 2.17. The lowest BCUT2D eigenvalue weighted by molar-refractivity contribution is -0.146. The van der Waals surface area contributed by atoms with Crippen LogP contribution in [0.5, 0.6) is 5.75 Å². The summed E-state index contributed by atoms with van der Waals surface area (Å²) in [6.07, 6.45) is 1.05. The van der Waals surface area contributed by atoms with Crippen molar-refractivity contribution in [2.24, 2.45) is 5.92 Å². The van der Waals surface area contributed by atoms with Gasteiger partial charge in [0.15, 0.2) is 6.10 Å². The van der Waals surface area contributed by atoms with Gasteiger partial charge in [-0.15, -0.1) is 0 Å². The van der Waals surface area contributed by atoms with Crippen LogP contribution in [0.4, 0.5) is 0 Å². The molecule has 4 nitrogen and oxygen atoms in total. The van der Waals surface area contributed by atoms with Crippen molar-refractivity contribution in [2.45, 2.75) is 32.8 Å². The lowest BCUT2D eigenvalue weighted by Crippen LogP contribution is -2.29. The summed E-state index contributed by atoms with van der Waals surface area (Å²) in [5, 5.41) is 18.0. The quantitative estimate of drug-likeness (QED) is 0.884. The van der Waals surface area contributed by atoms with Crippen molar-refractivity contribution in [1.29, 1.82) is 5.26 Å². The molecule has 18 heavy (non-hydrogen) atoms. The van der Waals surface area contributed by atoms with E-state index in [2.05, 4.69) is 6.07 Å². The summed E-state index contributed by atoms with van der Waals surface area (Å²) < 4.78 is 5.65. The predicted octanol–water partition coefficient (Wildman–Crippen LogP) is 2.42. The van der Waals surface area contributed by atoms with Gasteiger partial charge < -0.3 is 9.84 Å². The zero-order valence-corrected chi connectivity index (χ0v) is 10.4. The topological polar surface area (TPSA) is 70.3 Å². The maximum Gasteiger partial charge on any atom is 0.345 e. The van der Waals surface area contributed by atoms with E-state index in [1.807, 2.05) is 13.8 Å². The Kier molecular flexibility index (Phi) is 3.24. The molecule has 1 unspecified atom stereocenters. The number of hydrogen-bond donors (Lipinski definition) is 1. The smallest absolute Gasteiger partial charge is 0.345 e. The van der Waals surface area contributed by atoms with Crippen molar-refractivity contribution in [3.05, 3.63) is 28.8 Å². The summed E-state index contributed by atoms with van der Waals surface area (Å²) in [7, 11) is 0. The molecule has 94 valence electrons. The number of aliphatic carboxylic acids is 1. The fraction of sp³-hybridized carbons (Fsp3) is 0.429. The Morgan fingerprint density at radius 2 is 2.00 bits per heavy atom. The minimum atomic E-state index is -0.916. The van der Waals surface area contributed by atoms with Crippen molar-refractivity contribution < 1.29 is 14.6 Å². The van der Waals surface area contributed by atoms with Gasteiger partial charge in [0, 0.05) is 5.92 Å². The van der Waals surface area contributed by atoms with Crippen LogP contribution in [-0.4, -0.2) is 17.2 Å². The Hall–Kier alpha value is -2.02. The van der Waals surface area contributed by atoms with E-state index in [4.69, 9.17) is 15.1 Å². The zero-order chi connectivity index (χ0) is 13.3. The van der Waals surface area contributed by atoms with E-state index >= 15 is 0 Å². The molecule has 1 fully saturated rings. The van der Waals surface area contributed by atoms with E-state index < -0.39 is 12.1 Å². The van der Waals surface area contributed by atoms with Gasteiger partial charge in [0.05, 0.1) is 11.6 Å². The third-order valence-electron chi connectivity index (χ3n) is 3.13. The molecule has 1 aromatic carbocycles. The van der Waals surface area contributed by atoms with Crippen molar-refractivity contribution in [3.8, 4) is 11.8 Å². The Labute approximate surface area is 106 Å². The van der Waals surface area contributed by atoms with Crippen LogP contribution in [0.3, 0.4) is 0 Å². The van der Waals surface area contributed by atoms with Crippen LogP contribution in [0, 0.1) is 31.1 Å². The van der Waals surface area contributed by atoms with Gasteiger partial charge >= 0.3 is 5.97 Å². The number of benzene rings is 1. The van der Waals surface area contributed by atoms with Crippen LogP contribution in [-0.2, 0) is 4.79 Å². The number of carboxylic acids is 1. The number of carboxylic acid groups (broad SMARTS) is 1. The Bertz CT molecular complexity index is 503. The normalized spacial score (nSPS) is 15.8. The highest BCUT2D eigenvalue weighted by molar-refractivity contribution is 5.74. The molecule has 0 saturated heterocycles. The van der Waals surface area contributed by atoms with Crippen LogP contribution < -0.4 is 4.74 Å². The van der Waals surface area contributed by atoms with Gasteiger partial charge in [0.2, 0.25) is 0 Å². The van der Waals surface area contributed by atoms with E-state index in [9.17, 15) is 4.79 Å². The van der Waals surface area contributed by atoms with Crippen molar-refractivity contribution >= 4 is 5.97 Å². The highest BCUT2D eigenvalue weighted by atomic mass is 16.5. The Morgan fingerprint density at radius 3 is 2.39 bits per heavy atom. The average Bonchev–Trinajstić information content (AvgIpc) is 3.11. The van der Waals surface area contributed by atoms with E-state index in [1.165, 1.54) is 0 Å². The first-order valence-corrected chi connectivity index (χ1v) is 5.93. The molecule has 0 aromatic heterocycles. The average molecular weight is 245 g/mol. The summed E-state index contributed by atoms with van der Waals surface area (Å²) >= 11 is 0. The summed E-state index contributed by atoms with van der Waals surface area (Å²) in [6, 6.07) is 5.51. The van der Waals surface area contributed by atoms with Crippen LogP contribution in [0.25, 0.3) is 0 Å². The molecule has 0 spiro atoms.